The van der Waals surface area contributed by atoms with E-state index in [1.807, 2.05) is 16.8 Å². The second-order valence-corrected chi connectivity index (χ2v) is 4.72. The number of aliphatic carboxylic acids is 1. The summed E-state index contributed by atoms with van der Waals surface area (Å²) < 4.78 is 0. The summed E-state index contributed by atoms with van der Waals surface area (Å²) in [5, 5.41) is 12.3. The van der Waals surface area contributed by atoms with E-state index in [0.29, 0.717) is 17.5 Å². The Hall–Kier alpha value is -1.94. The van der Waals surface area contributed by atoms with Crippen LogP contribution in [0.1, 0.15) is 27.9 Å². The first kappa shape index (κ1) is 12.5. The molecule has 1 aromatic carbocycles. The zero-order valence-electron chi connectivity index (χ0n) is 9.63. The number of rotatable bonds is 5. The molecule has 4 heteroatoms. The van der Waals surface area contributed by atoms with Crippen molar-refractivity contribution >= 4 is 23.1 Å². The van der Waals surface area contributed by atoms with Crippen molar-refractivity contribution in [2.75, 3.05) is 0 Å². The van der Waals surface area contributed by atoms with Crippen molar-refractivity contribution in [2.45, 2.75) is 12.8 Å². The Labute approximate surface area is 109 Å². The molecule has 0 amide bonds. The number of hydrogen-bond acceptors (Lipinski definition) is 3. The molecule has 0 aliphatic carbocycles. The van der Waals surface area contributed by atoms with E-state index in [1.165, 1.54) is 11.3 Å². The zero-order chi connectivity index (χ0) is 13.0. The summed E-state index contributed by atoms with van der Waals surface area (Å²) in [4.78, 5) is 22.6. The van der Waals surface area contributed by atoms with E-state index in [9.17, 15) is 9.59 Å². The lowest BCUT2D eigenvalue weighted by Crippen LogP contribution is -2.02. The Morgan fingerprint density at radius 2 is 2.00 bits per heavy atom. The van der Waals surface area contributed by atoms with E-state index < -0.39 is 5.97 Å². The van der Waals surface area contributed by atoms with Crippen LogP contribution in [0, 0.1) is 0 Å². The van der Waals surface area contributed by atoms with Gasteiger partial charge in [-0.15, -0.1) is 0 Å². The van der Waals surface area contributed by atoms with E-state index in [4.69, 9.17) is 5.11 Å². The molecule has 0 bridgehead atoms. The number of benzene rings is 1. The number of carbonyl (C=O) groups excluding carboxylic acids is 1. The molecule has 0 saturated carbocycles. The quantitative estimate of drug-likeness (QED) is 0.841. The fourth-order valence-corrected chi connectivity index (χ4v) is 2.32. The van der Waals surface area contributed by atoms with Crippen LogP contribution in [0.15, 0.2) is 41.1 Å². The van der Waals surface area contributed by atoms with Crippen LogP contribution in [-0.2, 0) is 11.2 Å². The third-order valence-corrected chi connectivity index (χ3v) is 3.28. The largest absolute Gasteiger partial charge is 0.481 e. The van der Waals surface area contributed by atoms with Crippen LogP contribution < -0.4 is 0 Å². The van der Waals surface area contributed by atoms with Crippen molar-refractivity contribution in [1.82, 2.24) is 0 Å². The third kappa shape index (κ3) is 3.05. The van der Waals surface area contributed by atoms with Crippen molar-refractivity contribution in [3.8, 4) is 0 Å². The Balaban J connectivity index is 2.17. The highest BCUT2D eigenvalue weighted by atomic mass is 32.1. The lowest BCUT2D eigenvalue weighted by atomic mass is 10.0. The first-order chi connectivity index (χ1) is 8.66. The van der Waals surface area contributed by atoms with E-state index in [-0.39, 0.29) is 12.2 Å². The van der Waals surface area contributed by atoms with Gasteiger partial charge in [-0.2, -0.15) is 11.3 Å². The molecule has 0 radical (unpaired) electrons. The normalized spacial score (nSPS) is 10.2. The monoisotopic (exact) mass is 260 g/mol. The second-order valence-electron chi connectivity index (χ2n) is 3.94. The van der Waals surface area contributed by atoms with Crippen molar-refractivity contribution in [2.24, 2.45) is 0 Å². The van der Waals surface area contributed by atoms with E-state index >= 15 is 0 Å². The molecule has 1 N–H and O–H groups in total. The number of carbonyl (C=O) groups is 2. The molecule has 92 valence electrons. The SMILES string of the molecule is O=C(O)CCc1cccc(C(=O)c2ccsc2)c1. The predicted molar refractivity (Wildman–Crippen MR) is 70.2 cm³/mol. The van der Waals surface area contributed by atoms with Gasteiger partial charge in [0.05, 0.1) is 0 Å². The second kappa shape index (κ2) is 5.60. The molecule has 0 aliphatic heterocycles. The number of carboxylic acid groups (broad SMARTS) is 1. The standard InChI is InChI=1S/C14H12O3S/c15-13(16)5-4-10-2-1-3-11(8-10)14(17)12-6-7-18-9-12/h1-3,6-9H,4-5H2,(H,15,16). The van der Waals surface area contributed by atoms with E-state index in [1.54, 1.807) is 24.3 Å². The Morgan fingerprint density at radius 3 is 2.67 bits per heavy atom. The lowest BCUT2D eigenvalue weighted by molar-refractivity contribution is -0.136. The van der Waals surface area contributed by atoms with Gasteiger partial charge in [0.15, 0.2) is 5.78 Å². The van der Waals surface area contributed by atoms with Gasteiger partial charge >= 0.3 is 5.97 Å². The van der Waals surface area contributed by atoms with Gasteiger partial charge in [-0.25, -0.2) is 0 Å². The zero-order valence-corrected chi connectivity index (χ0v) is 10.4. The number of carboxylic acids is 1. The van der Waals surface area contributed by atoms with Crippen molar-refractivity contribution in [3.05, 3.63) is 57.8 Å². The fraction of sp³-hybridized carbons (Fsp3) is 0.143. The van der Waals surface area contributed by atoms with Gasteiger partial charge in [-0.05, 0) is 29.5 Å². The van der Waals surface area contributed by atoms with Gasteiger partial charge < -0.3 is 5.11 Å². The van der Waals surface area contributed by atoms with Crippen LogP contribution in [0.25, 0.3) is 0 Å². The Bertz CT molecular complexity index is 558. The summed E-state index contributed by atoms with van der Waals surface area (Å²) in [6.07, 6.45) is 0.524. The van der Waals surface area contributed by atoms with Gasteiger partial charge in [0.2, 0.25) is 0 Å². The summed E-state index contributed by atoms with van der Waals surface area (Å²) in [5.41, 5.74) is 2.16. The molecule has 0 spiro atoms. The van der Waals surface area contributed by atoms with Gasteiger partial charge in [0.25, 0.3) is 0 Å². The molecule has 1 aromatic heterocycles. The predicted octanol–water partition coefficient (Wildman–Crippen LogP) is 3.00. The van der Waals surface area contributed by atoms with Crippen LogP contribution in [-0.4, -0.2) is 16.9 Å². The molecule has 0 aliphatic rings. The number of ketones is 1. The van der Waals surface area contributed by atoms with Crippen molar-refractivity contribution < 1.29 is 14.7 Å². The van der Waals surface area contributed by atoms with Crippen LogP contribution >= 0.6 is 11.3 Å². The van der Waals surface area contributed by atoms with Gasteiger partial charge in [-0.1, -0.05) is 18.2 Å². The molecule has 1 heterocycles. The number of hydrogen-bond donors (Lipinski definition) is 1. The summed E-state index contributed by atoms with van der Waals surface area (Å²) >= 11 is 1.48. The Kier molecular flexibility index (Phi) is 3.89. The van der Waals surface area contributed by atoms with Crippen LogP contribution in [0.3, 0.4) is 0 Å². The van der Waals surface area contributed by atoms with Crippen LogP contribution in [0.2, 0.25) is 0 Å². The first-order valence-electron chi connectivity index (χ1n) is 5.54. The average Bonchev–Trinajstić information content (AvgIpc) is 2.89. The highest BCUT2D eigenvalue weighted by molar-refractivity contribution is 7.08. The maximum Gasteiger partial charge on any atom is 0.303 e. The molecule has 2 rings (SSSR count). The van der Waals surface area contributed by atoms with E-state index in [0.717, 1.165) is 5.56 Å². The summed E-state index contributed by atoms with van der Waals surface area (Å²) in [6.45, 7) is 0. The Morgan fingerprint density at radius 1 is 1.17 bits per heavy atom. The van der Waals surface area contributed by atoms with Gasteiger partial charge in [0, 0.05) is 22.9 Å². The minimum Gasteiger partial charge on any atom is -0.481 e. The molecule has 0 fully saturated rings. The summed E-state index contributed by atoms with van der Waals surface area (Å²) in [5.74, 6) is -0.849. The van der Waals surface area contributed by atoms with Crippen molar-refractivity contribution in [1.29, 1.82) is 0 Å². The number of thiophene rings is 1. The maximum absolute atomic E-state index is 12.1. The fourth-order valence-electron chi connectivity index (χ4n) is 1.68. The molecular formula is C14H12O3S. The smallest absolute Gasteiger partial charge is 0.303 e. The average molecular weight is 260 g/mol. The first-order valence-corrected chi connectivity index (χ1v) is 6.49. The van der Waals surface area contributed by atoms with Gasteiger partial charge in [0.1, 0.15) is 0 Å². The minimum absolute atomic E-state index is 0.0200. The highest BCUT2D eigenvalue weighted by Gasteiger charge is 2.10. The lowest BCUT2D eigenvalue weighted by Gasteiger charge is -2.02. The summed E-state index contributed by atoms with van der Waals surface area (Å²) in [7, 11) is 0. The molecular weight excluding hydrogens is 248 g/mol. The minimum atomic E-state index is -0.829. The molecule has 0 unspecified atom stereocenters. The number of aryl methyl sites for hydroxylation is 1. The summed E-state index contributed by atoms with van der Waals surface area (Å²) in [6, 6.07) is 8.94. The van der Waals surface area contributed by atoms with Crippen LogP contribution in [0.5, 0.6) is 0 Å². The molecule has 0 atom stereocenters. The van der Waals surface area contributed by atoms with Gasteiger partial charge in [-0.3, -0.25) is 9.59 Å². The topological polar surface area (TPSA) is 54.4 Å². The third-order valence-electron chi connectivity index (χ3n) is 2.60. The molecule has 3 nitrogen and oxygen atoms in total. The molecule has 18 heavy (non-hydrogen) atoms. The highest BCUT2D eigenvalue weighted by Crippen LogP contribution is 2.15. The van der Waals surface area contributed by atoms with Crippen LogP contribution in [0.4, 0.5) is 0 Å². The van der Waals surface area contributed by atoms with Crippen molar-refractivity contribution in [3.63, 3.8) is 0 Å². The maximum atomic E-state index is 12.1. The molecule has 0 saturated heterocycles. The molecule has 2 aromatic rings. The van der Waals surface area contributed by atoms with E-state index in [2.05, 4.69) is 0 Å².